The van der Waals surface area contributed by atoms with E-state index < -0.39 is 18.4 Å². The molecule has 0 unspecified atom stereocenters. The molecule has 1 aliphatic rings. The second kappa shape index (κ2) is 7.28. The Morgan fingerprint density at radius 2 is 2.15 bits per heavy atom. The van der Waals surface area contributed by atoms with E-state index in [4.69, 9.17) is 18.6 Å². The number of thiazole rings is 2. The first-order valence-corrected chi connectivity index (χ1v) is 9.72. The van der Waals surface area contributed by atoms with Crippen molar-refractivity contribution in [3.05, 3.63) is 45.0 Å². The minimum Gasteiger partial charge on any atom is -0.459 e. The maximum atomic E-state index is 12.4. The third kappa shape index (κ3) is 3.56. The van der Waals surface area contributed by atoms with Crippen molar-refractivity contribution in [2.24, 2.45) is 0 Å². The molecule has 0 N–H and O–H groups in total. The van der Waals surface area contributed by atoms with Gasteiger partial charge in [-0.3, -0.25) is 0 Å². The Kier molecular flexibility index (Phi) is 4.86. The first-order chi connectivity index (χ1) is 12.6. The molecule has 1 atom stereocenters. The summed E-state index contributed by atoms with van der Waals surface area (Å²) in [5.41, 5.74) is 0.262. The zero-order chi connectivity index (χ0) is 18.1. The molecule has 3 aromatic rings. The molecule has 136 valence electrons. The lowest BCUT2D eigenvalue weighted by Gasteiger charge is -2.09. The van der Waals surface area contributed by atoms with Gasteiger partial charge in [-0.25, -0.2) is 14.8 Å². The van der Waals surface area contributed by atoms with E-state index in [0.717, 1.165) is 15.6 Å². The van der Waals surface area contributed by atoms with Crippen LogP contribution in [0.4, 0.5) is 0 Å². The van der Waals surface area contributed by atoms with E-state index in [-0.39, 0.29) is 5.69 Å². The summed E-state index contributed by atoms with van der Waals surface area (Å²) in [6.07, 6.45) is 0.821. The fraction of sp³-hybridized carbons (Fsp3) is 0.353. The molecule has 1 aliphatic heterocycles. The Labute approximate surface area is 157 Å². The average molecular weight is 392 g/mol. The smallest absolute Gasteiger partial charge is 0.358 e. The third-order valence-corrected chi connectivity index (χ3v) is 5.75. The molecule has 3 aromatic heterocycles. The fourth-order valence-corrected chi connectivity index (χ4v) is 4.06. The van der Waals surface area contributed by atoms with Gasteiger partial charge in [-0.05, 0) is 26.0 Å². The molecule has 26 heavy (non-hydrogen) atoms. The lowest BCUT2D eigenvalue weighted by atomic mass is 10.3. The van der Waals surface area contributed by atoms with Crippen LogP contribution >= 0.6 is 22.7 Å². The topological polar surface area (TPSA) is 83.7 Å². The van der Waals surface area contributed by atoms with Crippen LogP contribution in [0.25, 0.3) is 10.8 Å². The Balaban J connectivity index is 1.42. The first kappa shape index (κ1) is 17.3. The Bertz CT molecular complexity index is 910. The molecule has 4 rings (SSSR count). The van der Waals surface area contributed by atoms with Crippen LogP contribution in [0.15, 0.2) is 28.1 Å². The highest BCUT2D eigenvalue weighted by Crippen LogP contribution is 2.32. The van der Waals surface area contributed by atoms with Crippen LogP contribution < -0.4 is 0 Å². The quantitative estimate of drug-likeness (QED) is 0.604. The Morgan fingerprint density at radius 3 is 2.88 bits per heavy atom. The zero-order valence-electron chi connectivity index (χ0n) is 14.1. The number of aryl methyl sites for hydroxylation is 1. The number of furan rings is 1. The van der Waals surface area contributed by atoms with Crippen molar-refractivity contribution in [3.8, 4) is 10.8 Å². The van der Waals surface area contributed by atoms with Gasteiger partial charge >= 0.3 is 5.97 Å². The number of carbonyl (C=O) groups is 1. The van der Waals surface area contributed by atoms with E-state index in [1.807, 2.05) is 19.1 Å². The summed E-state index contributed by atoms with van der Waals surface area (Å²) < 4.78 is 21.9. The van der Waals surface area contributed by atoms with Crippen LogP contribution in [-0.2, 0) is 14.2 Å². The number of aromatic nitrogens is 2. The number of ether oxygens (including phenoxy) is 3. The number of hydrogen-bond donors (Lipinski definition) is 0. The van der Waals surface area contributed by atoms with Crippen LogP contribution in [-0.4, -0.2) is 29.2 Å². The van der Waals surface area contributed by atoms with E-state index in [1.165, 1.54) is 22.7 Å². The fourth-order valence-electron chi connectivity index (χ4n) is 2.41. The molecule has 0 aromatic carbocycles. The van der Waals surface area contributed by atoms with Crippen molar-refractivity contribution in [1.29, 1.82) is 0 Å². The summed E-state index contributed by atoms with van der Waals surface area (Å²) in [6.45, 7) is 4.78. The second-order valence-corrected chi connectivity index (χ2v) is 7.62. The maximum absolute atomic E-state index is 12.4. The minimum absolute atomic E-state index is 0.262. The number of rotatable bonds is 5. The highest BCUT2D eigenvalue weighted by atomic mass is 32.1. The molecule has 7 nitrogen and oxygen atoms in total. The monoisotopic (exact) mass is 392 g/mol. The van der Waals surface area contributed by atoms with Crippen LogP contribution in [0, 0.1) is 6.92 Å². The molecule has 0 spiro atoms. The van der Waals surface area contributed by atoms with Gasteiger partial charge in [0.15, 0.2) is 16.5 Å². The van der Waals surface area contributed by atoms with Gasteiger partial charge in [0.2, 0.25) is 6.29 Å². The van der Waals surface area contributed by atoms with Crippen molar-refractivity contribution in [1.82, 2.24) is 9.97 Å². The summed E-state index contributed by atoms with van der Waals surface area (Å²) in [6, 6.07) is 3.69. The Morgan fingerprint density at radius 1 is 1.35 bits per heavy atom. The third-order valence-electron chi connectivity index (χ3n) is 3.71. The number of nitrogens with zero attached hydrogens (tertiary/aromatic N) is 2. The van der Waals surface area contributed by atoms with E-state index in [9.17, 15) is 4.79 Å². The van der Waals surface area contributed by atoms with E-state index >= 15 is 0 Å². The molecule has 0 aliphatic carbocycles. The zero-order valence-corrected chi connectivity index (χ0v) is 15.8. The van der Waals surface area contributed by atoms with Crippen LogP contribution in [0.3, 0.4) is 0 Å². The number of hydrogen-bond acceptors (Lipinski definition) is 9. The first-order valence-electron chi connectivity index (χ1n) is 8.02. The largest absolute Gasteiger partial charge is 0.459 e. The van der Waals surface area contributed by atoms with Gasteiger partial charge in [0.1, 0.15) is 16.9 Å². The summed E-state index contributed by atoms with van der Waals surface area (Å²) >= 11 is 2.75. The Hall–Kier alpha value is -2.07. The standard InChI is InChI=1S/C17H16N2O5S2/c1-9-3-4-12(23-9)14-19-11(8-25-14)16(20)24-10(2)13-7-18-15(26-13)17-21-5-6-22-17/h3-4,7-8,10,17H,5-6H2,1-2H3/t10-/m1/s1. The summed E-state index contributed by atoms with van der Waals surface area (Å²) in [5, 5.41) is 3.04. The molecular weight excluding hydrogens is 376 g/mol. The number of carbonyl (C=O) groups excluding carboxylic acids is 1. The van der Waals surface area contributed by atoms with Crippen molar-refractivity contribution in [2.45, 2.75) is 26.2 Å². The predicted octanol–water partition coefficient (Wildman–Crippen LogP) is 4.13. The molecule has 1 saturated heterocycles. The van der Waals surface area contributed by atoms with Gasteiger partial charge < -0.3 is 18.6 Å². The van der Waals surface area contributed by atoms with E-state index in [0.29, 0.717) is 24.0 Å². The lowest BCUT2D eigenvalue weighted by molar-refractivity contribution is -0.0442. The molecule has 0 amide bonds. The highest BCUT2D eigenvalue weighted by molar-refractivity contribution is 7.13. The molecule has 1 fully saturated rings. The van der Waals surface area contributed by atoms with E-state index in [1.54, 1.807) is 18.5 Å². The predicted molar refractivity (Wildman–Crippen MR) is 95.1 cm³/mol. The van der Waals surface area contributed by atoms with Crippen molar-refractivity contribution < 1.29 is 23.4 Å². The highest BCUT2D eigenvalue weighted by Gasteiger charge is 2.24. The summed E-state index contributed by atoms with van der Waals surface area (Å²) in [7, 11) is 0. The molecular formula is C17H16N2O5S2. The molecule has 9 heteroatoms. The van der Waals surface area contributed by atoms with Crippen LogP contribution in [0.1, 0.15) is 45.5 Å². The van der Waals surface area contributed by atoms with Gasteiger partial charge in [-0.1, -0.05) is 0 Å². The molecule has 4 heterocycles. The minimum atomic E-state index is -0.480. The second-order valence-electron chi connectivity index (χ2n) is 5.67. The van der Waals surface area contributed by atoms with E-state index in [2.05, 4.69) is 9.97 Å². The van der Waals surface area contributed by atoms with Crippen molar-refractivity contribution >= 4 is 28.6 Å². The summed E-state index contributed by atoms with van der Waals surface area (Å²) in [4.78, 5) is 21.8. The summed E-state index contributed by atoms with van der Waals surface area (Å²) in [5.74, 6) is 0.957. The van der Waals surface area contributed by atoms with Gasteiger partial charge in [0.25, 0.3) is 0 Å². The van der Waals surface area contributed by atoms with Crippen LogP contribution in [0.2, 0.25) is 0 Å². The van der Waals surface area contributed by atoms with Gasteiger partial charge in [0, 0.05) is 11.6 Å². The SMILES string of the molecule is Cc1ccc(-c2nc(C(=O)O[C@H](C)c3cnc(C4OCCO4)s3)cs2)o1. The van der Waals surface area contributed by atoms with Crippen molar-refractivity contribution in [3.63, 3.8) is 0 Å². The van der Waals surface area contributed by atoms with Gasteiger partial charge in [-0.2, -0.15) is 0 Å². The van der Waals surface area contributed by atoms with Gasteiger partial charge in [0.05, 0.1) is 18.1 Å². The van der Waals surface area contributed by atoms with Gasteiger partial charge in [-0.15, -0.1) is 22.7 Å². The molecule has 0 radical (unpaired) electrons. The average Bonchev–Trinajstić information content (AvgIpc) is 3.38. The maximum Gasteiger partial charge on any atom is 0.358 e. The normalized spacial score (nSPS) is 16.1. The molecule has 0 bridgehead atoms. The lowest BCUT2D eigenvalue weighted by Crippen LogP contribution is -2.08. The van der Waals surface area contributed by atoms with Crippen LogP contribution in [0.5, 0.6) is 0 Å². The molecule has 0 saturated carbocycles. The number of esters is 1. The van der Waals surface area contributed by atoms with Crippen molar-refractivity contribution in [2.75, 3.05) is 13.2 Å².